The number of nitrogens with zero attached hydrogens (tertiary/aromatic N) is 1. The molecule has 1 saturated heterocycles. The summed E-state index contributed by atoms with van der Waals surface area (Å²) >= 11 is 0. The van der Waals surface area contributed by atoms with E-state index in [-0.39, 0.29) is 17.8 Å². The molecular weight excluding hydrogens is 242 g/mol. The van der Waals surface area contributed by atoms with Gasteiger partial charge in [-0.25, -0.2) is 0 Å². The molecule has 1 aromatic rings. The Morgan fingerprint density at radius 2 is 1.95 bits per heavy atom. The molecule has 0 spiro atoms. The molecule has 4 nitrogen and oxygen atoms in total. The Hall–Kier alpha value is -1.55. The molecule has 2 rings (SSSR count). The molecule has 19 heavy (non-hydrogen) atoms. The number of benzene rings is 1. The van der Waals surface area contributed by atoms with Crippen molar-refractivity contribution in [2.75, 3.05) is 34.4 Å². The van der Waals surface area contributed by atoms with Crippen LogP contribution in [0.15, 0.2) is 24.3 Å². The van der Waals surface area contributed by atoms with Gasteiger partial charge in [-0.1, -0.05) is 12.1 Å². The molecule has 1 heterocycles. The van der Waals surface area contributed by atoms with E-state index in [9.17, 15) is 4.79 Å². The van der Waals surface area contributed by atoms with Gasteiger partial charge in [-0.15, -0.1) is 0 Å². The van der Waals surface area contributed by atoms with Crippen molar-refractivity contribution in [1.29, 1.82) is 0 Å². The molecule has 0 N–H and O–H groups in total. The first-order chi connectivity index (χ1) is 9.15. The molecule has 1 aliphatic heterocycles. The Labute approximate surface area is 114 Å². The maximum atomic E-state index is 11.9. The van der Waals surface area contributed by atoms with Crippen LogP contribution in [0.1, 0.15) is 17.9 Å². The first kappa shape index (κ1) is 13.9. The van der Waals surface area contributed by atoms with Crippen LogP contribution in [0.3, 0.4) is 0 Å². The standard InChI is InChI=1S/C15H21NO3/c1-16-9-8-13(14(10-16)15(17)19-3)11-4-6-12(18-2)7-5-11/h4-7,13-14H,8-10H2,1-3H3/t13-,14+/m0/s1. The molecule has 0 unspecified atom stereocenters. The van der Waals surface area contributed by atoms with E-state index in [1.54, 1.807) is 7.11 Å². The number of rotatable bonds is 3. The van der Waals surface area contributed by atoms with E-state index < -0.39 is 0 Å². The van der Waals surface area contributed by atoms with Crippen molar-refractivity contribution in [3.63, 3.8) is 0 Å². The van der Waals surface area contributed by atoms with Gasteiger partial charge in [0, 0.05) is 6.54 Å². The number of likely N-dealkylation sites (tertiary alicyclic amines) is 1. The SMILES string of the molecule is COC(=O)[C@@H]1CN(C)CC[C@H]1c1ccc(OC)cc1. The van der Waals surface area contributed by atoms with Gasteiger partial charge in [0.05, 0.1) is 20.1 Å². The first-order valence-electron chi connectivity index (χ1n) is 6.56. The predicted octanol–water partition coefficient (Wildman–Crippen LogP) is 1.90. The predicted molar refractivity (Wildman–Crippen MR) is 73.4 cm³/mol. The second-order valence-electron chi connectivity index (χ2n) is 5.06. The fourth-order valence-electron chi connectivity index (χ4n) is 2.76. The highest BCUT2D eigenvalue weighted by molar-refractivity contribution is 5.74. The summed E-state index contributed by atoms with van der Waals surface area (Å²) in [5.41, 5.74) is 1.18. The quantitative estimate of drug-likeness (QED) is 0.781. The fraction of sp³-hybridized carbons (Fsp3) is 0.533. The molecular formula is C15H21NO3. The van der Waals surface area contributed by atoms with Gasteiger partial charge in [-0.3, -0.25) is 4.79 Å². The Morgan fingerprint density at radius 1 is 1.26 bits per heavy atom. The minimum Gasteiger partial charge on any atom is -0.497 e. The Morgan fingerprint density at radius 3 is 2.53 bits per heavy atom. The smallest absolute Gasteiger partial charge is 0.310 e. The second kappa shape index (κ2) is 6.06. The number of methoxy groups -OCH3 is 2. The summed E-state index contributed by atoms with van der Waals surface area (Å²) in [7, 11) is 5.16. The van der Waals surface area contributed by atoms with Crippen molar-refractivity contribution in [2.45, 2.75) is 12.3 Å². The Bertz CT molecular complexity index is 430. The molecule has 1 fully saturated rings. The van der Waals surface area contributed by atoms with Crippen LogP contribution in [0.4, 0.5) is 0 Å². The monoisotopic (exact) mass is 263 g/mol. The van der Waals surface area contributed by atoms with E-state index in [1.165, 1.54) is 12.7 Å². The van der Waals surface area contributed by atoms with Crippen molar-refractivity contribution in [3.05, 3.63) is 29.8 Å². The number of carbonyl (C=O) groups excluding carboxylic acids is 1. The van der Waals surface area contributed by atoms with Gasteiger partial charge in [-0.05, 0) is 43.6 Å². The van der Waals surface area contributed by atoms with Crippen LogP contribution in [-0.4, -0.2) is 45.2 Å². The fourth-order valence-corrected chi connectivity index (χ4v) is 2.76. The number of carbonyl (C=O) groups is 1. The molecule has 0 aliphatic carbocycles. The number of hydrogen-bond donors (Lipinski definition) is 0. The lowest BCUT2D eigenvalue weighted by Gasteiger charge is -2.35. The lowest BCUT2D eigenvalue weighted by Crippen LogP contribution is -2.41. The number of ether oxygens (including phenoxy) is 2. The molecule has 0 aromatic heterocycles. The van der Waals surface area contributed by atoms with Crippen molar-refractivity contribution in [1.82, 2.24) is 4.90 Å². The highest BCUT2D eigenvalue weighted by atomic mass is 16.5. The zero-order valence-corrected chi connectivity index (χ0v) is 11.8. The normalized spacial score (nSPS) is 23.9. The number of piperidine rings is 1. The average molecular weight is 263 g/mol. The molecule has 0 bridgehead atoms. The van der Waals surface area contributed by atoms with Crippen LogP contribution in [0, 0.1) is 5.92 Å². The number of esters is 1. The summed E-state index contributed by atoms with van der Waals surface area (Å²) < 4.78 is 10.1. The van der Waals surface area contributed by atoms with Gasteiger partial charge < -0.3 is 14.4 Å². The zero-order chi connectivity index (χ0) is 13.8. The van der Waals surface area contributed by atoms with Crippen LogP contribution in [0.25, 0.3) is 0 Å². The summed E-state index contributed by atoms with van der Waals surface area (Å²) in [6, 6.07) is 7.99. The minimum absolute atomic E-state index is 0.0860. The molecule has 4 heteroatoms. The number of hydrogen-bond acceptors (Lipinski definition) is 4. The van der Waals surface area contributed by atoms with Crippen LogP contribution in [0.2, 0.25) is 0 Å². The molecule has 104 valence electrons. The largest absolute Gasteiger partial charge is 0.497 e. The molecule has 1 aliphatic rings. The summed E-state index contributed by atoms with van der Waals surface area (Å²) in [6.45, 7) is 1.76. The van der Waals surface area contributed by atoms with E-state index in [4.69, 9.17) is 9.47 Å². The minimum atomic E-state index is -0.118. The maximum absolute atomic E-state index is 11.9. The Kier molecular flexibility index (Phi) is 4.43. The topological polar surface area (TPSA) is 38.8 Å². The van der Waals surface area contributed by atoms with Crippen LogP contribution in [-0.2, 0) is 9.53 Å². The van der Waals surface area contributed by atoms with Crippen LogP contribution < -0.4 is 4.74 Å². The van der Waals surface area contributed by atoms with Crippen molar-refractivity contribution >= 4 is 5.97 Å². The van der Waals surface area contributed by atoms with E-state index in [0.717, 1.165) is 25.3 Å². The van der Waals surface area contributed by atoms with Crippen molar-refractivity contribution in [3.8, 4) is 5.75 Å². The summed E-state index contributed by atoms with van der Waals surface area (Å²) in [4.78, 5) is 14.1. The zero-order valence-electron chi connectivity index (χ0n) is 11.8. The third-order valence-electron chi connectivity index (χ3n) is 3.86. The van der Waals surface area contributed by atoms with Gasteiger partial charge in [0.15, 0.2) is 0 Å². The molecule has 0 radical (unpaired) electrons. The van der Waals surface area contributed by atoms with Gasteiger partial charge in [0.2, 0.25) is 0 Å². The maximum Gasteiger partial charge on any atom is 0.310 e. The summed E-state index contributed by atoms with van der Waals surface area (Å²) in [5.74, 6) is 0.866. The van der Waals surface area contributed by atoms with E-state index in [2.05, 4.69) is 4.90 Å². The Balaban J connectivity index is 2.21. The van der Waals surface area contributed by atoms with E-state index >= 15 is 0 Å². The van der Waals surface area contributed by atoms with Crippen LogP contribution in [0.5, 0.6) is 5.75 Å². The van der Waals surface area contributed by atoms with Gasteiger partial charge in [0.25, 0.3) is 0 Å². The molecule has 2 atom stereocenters. The van der Waals surface area contributed by atoms with E-state index in [0.29, 0.717) is 0 Å². The molecule has 0 saturated carbocycles. The third kappa shape index (κ3) is 3.07. The van der Waals surface area contributed by atoms with Crippen molar-refractivity contribution < 1.29 is 14.3 Å². The van der Waals surface area contributed by atoms with Gasteiger partial charge in [0.1, 0.15) is 5.75 Å². The molecule has 1 aromatic carbocycles. The highest BCUT2D eigenvalue weighted by Crippen LogP contribution is 2.34. The van der Waals surface area contributed by atoms with Crippen molar-refractivity contribution in [2.24, 2.45) is 5.92 Å². The second-order valence-corrected chi connectivity index (χ2v) is 5.06. The summed E-state index contributed by atoms with van der Waals surface area (Å²) in [6.07, 6.45) is 0.975. The first-order valence-corrected chi connectivity index (χ1v) is 6.56. The highest BCUT2D eigenvalue weighted by Gasteiger charge is 2.34. The van der Waals surface area contributed by atoms with Gasteiger partial charge >= 0.3 is 5.97 Å². The lowest BCUT2D eigenvalue weighted by molar-refractivity contribution is -0.148. The van der Waals surface area contributed by atoms with Gasteiger partial charge in [-0.2, -0.15) is 0 Å². The third-order valence-corrected chi connectivity index (χ3v) is 3.86. The molecule has 0 amide bonds. The summed E-state index contributed by atoms with van der Waals surface area (Å²) in [5, 5.41) is 0. The van der Waals surface area contributed by atoms with E-state index in [1.807, 2.05) is 31.3 Å². The van der Waals surface area contributed by atoms with Crippen LogP contribution >= 0.6 is 0 Å². The lowest BCUT2D eigenvalue weighted by atomic mass is 9.80. The average Bonchev–Trinajstić information content (AvgIpc) is 2.46.